The molecule has 1 saturated heterocycles. The first-order valence-electron chi connectivity index (χ1n) is 10.9. The molecule has 1 atom stereocenters. The minimum atomic E-state index is -0.559. The number of nitrogens with one attached hydrogen (secondary N) is 3. The summed E-state index contributed by atoms with van der Waals surface area (Å²) in [4.78, 5) is 40.2. The summed E-state index contributed by atoms with van der Waals surface area (Å²) < 4.78 is 5.50. The Morgan fingerprint density at radius 1 is 1.21 bits per heavy atom. The zero-order valence-corrected chi connectivity index (χ0v) is 19.4. The number of amidine groups is 1. The van der Waals surface area contributed by atoms with Crippen LogP contribution in [-0.2, 0) is 16.1 Å². The van der Waals surface area contributed by atoms with Crippen LogP contribution >= 0.6 is 11.3 Å². The van der Waals surface area contributed by atoms with Gasteiger partial charge < -0.3 is 26.0 Å². The third-order valence-electron chi connectivity index (χ3n) is 5.27. The van der Waals surface area contributed by atoms with Gasteiger partial charge in [-0.1, -0.05) is 6.92 Å². The molecule has 33 heavy (non-hydrogen) atoms. The Balaban J connectivity index is 1.48. The van der Waals surface area contributed by atoms with Crippen LogP contribution in [0.2, 0.25) is 0 Å². The van der Waals surface area contributed by atoms with Gasteiger partial charge in [0.1, 0.15) is 17.6 Å². The van der Waals surface area contributed by atoms with E-state index < -0.39 is 6.04 Å². The van der Waals surface area contributed by atoms with Gasteiger partial charge in [0.25, 0.3) is 5.91 Å². The highest BCUT2D eigenvalue weighted by atomic mass is 32.1. The molecule has 176 valence electrons. The highest BCUT2D eigenvalue weighted by molar-refractivity contribution is 7.10. The van der Waals surface area contributed by atoms with Gasteiger partial charge in [-0.05, 0) is 49.6 Å². The molecule has 1 aliphatic heterocycles. The molecule has 9 nitrogen and oxygen atoms in total. The molecule has 3 rings (SSSR count). The Labute approximate surface area is 196 Å². The summed E-state index contributed by atoms with van der Waals surface area (Å²) in [5, 5.41) is 14.7. The first-order chi connectivity index (χ1) is 15.9. The van der Waals surface area contributed by atoms with Crippen molar-refractivity contribution in [2.75, 3.05) is 19.7 Å². The number of carbonyl (C=O) groups excluding carboxylic acids is 3. The second-order valence-electron chi connectivity index (χ2n) is 7.73. The molecule has 1 aromatic carbocycles. The summed E-state index contributed by atoms with van der Waals surface area (Å²) in [6.07, 6.45) is 2.20. The Morgan fingerprint density at radius 3 is 2.64 bits per heavy atom. The van der Waals surface area contributed by atoms with Gasteiger partial charge >= 0.3 is 0 Å². The number of thiophene rings is 1. The van der Waals surface area contributed by atoms with Crippen LogP contribution in [0, 0.1) is 5.41 Å². The number of benzene rings is 1. The summed E-state index contributed by atoms with van der Waals surface area (Å²) in [6, 6.07) is 7.96. The molecule has 1 fully saturated rings. The second-order valence-corrected chi connectivity index (χ2v) is 8.73. The maximum atomic E-state index is 12.7. The van der Waals surface area contributed by atoms with E-state index in [1.165, 1.54) is 16.2 Å². The number of ether oxygens (including phenoxy) is 1. The molecule has 10 heteroatoms. The lowest BCUT2D eigenvalue weighted by molar-refractivity contribution is -0.137. The fraction of sp³-hybridized carbons (Fsp3) is 0.391. The molecular weight excluding hydrogens is 442 g/mol. The minimum Gasteiger partial charge on any atom is -0.494 e. The lowest BCUT2D eigenvalue weighted by Gasteiger charge is -2.24. The van der Waals surface area contributed by atoms with E-state index in [0.717, 1.165) is 17.7 Å². The van der Waals surface area contributed by atoms with Crippen molar-refractivity contribution in [3.8, 4) is 5.75 Å². The smallest absolute Gasteiger partial charge is 0.251 e. The zero-order chi connectivity index (χ0) is 23.8. The van der Waals surface area contributed by atoms with Gasteiger partial charge in [-0.2, -0.15) is 0 Å². The van der Waals surface area contributed by atoms with Crippen molar-refractivity contribution in [3.05, 3.63) is 51.7 Å². The summed E-state index contributed by atoms with van der Waals surface area (Å²) >= 11 is 1.41. The lowest BCUT2D eigenvalue weighted by Crippen LogP contribution is -2.48. The second kappa shape index (κ2) is 11.5. The molecular formula is C23H29N5O4S. The third-order valence-corrected chi connectivity index (χ3v) is 6.20. The van der Waals surface area contributed by atoms with Crippen molar-refractivity contribution in [1.82, 2.24) is 15.5 Å². The molecule has 3 amide bonds. The Hall–Kier alpha value is -3.40. The monoisotopic (exact) mass is 471 g/mol. The van der Waals surface area contributed by atoms with Crippen LogP contribution in [0.1, 0.15) is 47.0 Å². The van der Waals surface area contributed by atoms with E-state index in [0.29, 0.717) is 43.0 Å². The maximum Gasteiger partial charge on any atom is 0.251 e. The summed E-state index contributed by atoms with van der Waals surface area (Å²) in [7, 11) is 0. The van der Waals surface area contributed by atoms with Crippen molar-refractivity contribution in [3.63, 3.8) is 0 Å². The molecule has 2 aromatic rings. The van der Waals surface area contributed by atoms with E-state index in [2.05, 4.69) is 10.6 Å². The van der Waals surface area contributed by atoms with Gasteiger partial charge in [0.15, 0.2) is 0 Å². The Morgan fingerprint density at radius 2 is 1.97 bits per heavy atom. The van der Waals surface area contributed by atoms with Gasteiger partial charge in [0, 0.05) is 27.9 Å². The number of nitrogen functional groups attached to an aromatic ring is 1. The molecule has 2 heterocycles. The maximum absolute atomic E-state index is 12.7. The number of nitrogens with zero attached hydrogens (tertiary/aromatic N) is 1. The molecule has 0 saturated carbocycles. The predicted octanol–water partition coefficient (Wildman–Crippen LogP) is 1.86. The fourth-order valence-electron chi connectivity index (χ4n) is 3.53. The van der Waals surface area contributed by atoms with Crippen LogP contribution in [0.4, 0.5) is 0 Å². The SMILES string of the molecule is CCCOc1ccc(C(=O)NCC(=O)N2CCC[C@H]2C(=O)NCc2cc(C(=N)N)cs2)cc1. The van der Waals surface area contributed by atoms with Crippen LogP contribution in [0.25, 0.3) is 0 Å². The van der Waals surface area contributed by atoms with Gasteiger partial charge in [-0.3, -0.25) is 19.8 Å². The fourth-order valence-corrected chi connectivity index (χ4v) is 4.35. The number of rotatable bonds is 10. The summed E-state index contributed by atoms with van der Waals surface area (Å²) in [5.74, 6) is -0.203. The van der Waals surface area contributed by atoms with Gasteiger partial charge in [0.2, 0.25) is 11.8 Å². The predicted molar refractivity (Wildman–Crippen MR) is 126 cm³/mol. The Kier molecular flexibility index (Phi) is 8.42. The molecule has 0 spiro atoms. The van der Waals surface area contributed by atoms with Crippen molar-refractivity contribution < 1.29 is 19.1 Å². The number of amides is 3. The molecule has 5 N–H and O–H groups in total. The average Bonchev–Trinajstić information content (AvgIpc) is 3.50. The van der Waals surface area contributed by atoms with E-state index in [9.17, 15) is 14.4 Å². The Bertz CT molecular complexity index is 1000. The molecule has 0 unspecified atom stereocenters. The summed E-state index contributed by atoms with van der Waals surface area (Å²) in [5.41, 5.74) is 6.53. The number of carbonyl (C=O) groups is 3. The van der Waals surface area contributed by atoms with E-state index in [4.69, 9.17) is 15.9 Å². The topological polar surface area (TPSA) is 138 Å². The standard InChI is InChI=1S/C23H29N5O4S/c1-2-10-32-17-7-5-15(6-8-17)22(30)27-13-20(29)28-9-3-4-19(28)23(31)26-12-18-11-16(14-33-18)21(24)25/h5-8,11,14,19H,2-4,9-10,12-13H2,1H3,(H3,24,25)(H,26,31)(H,27,30)/t19-/m0/s1. The molecule has 0 bridgehead atoms. The number of hydrogen-bond acceptors (Lipinski definition) is 6. The van der Waals surface area contributed by atoms with Gasteiger partial charge in [-0.25, -0.2) is 0 Å². The quantitative estimate of drug-likeness (QED) is 0.310. The number of nitrogens with two attached hydrogens (primary N) is 1. The highest BCUT2D eigenvalue weighted by Gasteiger charge is 2.33. The van der Waals surface area contributed by atoms with Crippen LogP contribution in [-0.4, -0.2) is 54.2 Å². The van der Waals surface area contributed by atoms with Gasteiger partial charge in [-0.15, -0.1) is 11.3 Å². The van der Waals surface area contributed by atoms with Crippen molar-refractivity contribution in [2.45, 2.75) is 38.8 Å². The van der Waals surface area contributed by atoms with Crippen LogP contribution in [0.3, 0.4) is 0 Å². The van der Waals surface area contributed by atoms with E-state index in [-0.39, 0.29) is 30.1 Å². The molecule has 1 aliphatic rings. The molecule has 0 radical (unpaired) electrons. The lowest BCUT2D eigenvalue weighted by atomic mass is 10.2. The average molecular weight is 472 g/mol. The first kappa shape index (κ1) is 24.2. The van der Waals surface area contributed by atoms with Crippen molar-refractivity contribution >= 4 is 34.9 Å². The molecule has 1 aromatic heterocycles. The minimum absolute atomic E-state index is 0.0146. The number of likely N-dealkylation sites (tertiary alicyclic amines) is 1. The van der Waals surface area contributed by atoms with Crippen LogP contribution in [0.5, 0.6) is 5.75 Å². The third kappa shape index (κ3) is 6.55. The first-order valence-corrected chi connectivity index (χ1v) is 11.8. The van der Waals surface area contributed by atoms with E-state index >= 15 is 0 Å². The summed E-state index contributed by atoms with van der Waals surface area (Å²) in [6.45, 7) is 3.23. The van der Waals surface area contributed by atoms with Crippen LogP contribution < -0.4 is 21.1 Å². The van der Waals surface area contributed by atoms with E-state index in [1.54, 1.807) is 35.7 Å². The molecule has 0 aliphatic carbocycles. The normalized spacial score (nSPS) is 15.2. The number of hydrogen-bond donors (Lipinski definition) is 4. The highest BCUT2D eigenvalue weighted by Crippen LogP contribution is 2.19. The van der Waals surface area contributed by atoms with Crippen LogP contribution in [0.15, 0.2) is 35.7 Å². The van der Waals surface area contributed by atoms with Gasteiger partial charge in [0.05, 0.1) is 19.7 Å². The van der Waals surface area contributed by atoms with E-state index in [1.807, 2.05) is 6.92 Å². The zero-order valence-electron chi connectivity index (χ0n) is 18.6. The largest absolute Gasteiger partial charge is 0.494 e. The van der Waals surface area contributed by atoms with Crippen molar-refractivity contribution in [1.29, 1.82) is 5.41 Å². The van der Waals surface area contributed by atoms with Crippen molar-refractivity contribution in [2.24, 2.45) is 5.73 Å².